The van der Waals surface area contributed by atoms with Crippen molar-refractivity contribution in [3.63, 3.8) is 0 Å². The summed E-state index contributed by atoms with van der Waals surface area (Å²) in [6, 6.07) is 6.26. The SMILES string of the molecule is COCCn1c(SCC(=O)Nc2cccc(C(F)(F)F)c2)nnc1-c1ccoc1C. The number of ether oxygens (including phenoxy) is 1. The quantitative estimate of drug-likeness (QED) is 0.528. The molecule has 1 N–H and O–H groups in total. The van der Waals surface area contributed by atoms with Gasteiger partial charge < -0.3 is 14.5 Å². The van der Waals surface area contributed by atoms with Gasteiger partial charge in [-0.25, -0.2) is 0 Å². The van der Waals surface area contributed by atoms with Crippen LogP contribution in [0.25, 0.3) is 11.4 Å². The molecule has 1 amide bonds. The highest BCUT2D eigenvalue weighted by molar-refractivity contribution is 7.99. The molecule has 30 heavy (non-hydrogen) atoms. The second kappa shape index (κ2) is 9.35. The summed E-state index contributed by atoms with van der Waals surface area (Å²) in [6.07, 6.45) is -2.93. The highest BCUT2D eigenvalue weighted by Gasteiger charge is 2.30. The Morgan fingerprint density at radius 3 is 2.77 bits per heavy atom. The Bertz CT molecular complexity index is 1020. The molecular weight excluding hydrogens is 421 g/mol. The zero-order valence-corrected chi connectivity index (χ0v) is 17.0. The van der Waals surface area contributed by atoms with Gasteiger partial charge in [-0.1, -0.05) is 17.8 Å². The maximum Gasteiger partial charge on any atom is 0.416 e. The summed E-state index contributed by atoms with van der Waals surface area (Å²) >= 11 is 1.13. The normalized spacial score (nSPS) is 11.6. The number of hydrogen-bond donors (Lipinski definition) is 1. The number of benzene rings is 1. The van der Waals surface area contributed by atoms with Gasteiger partial charge in [0.15, 0.2) is 11.0 Å². The number of methoxy groups -OCH3 is 1. The molecule has 0 aliphatic carbocycles. The van der Waals surface area contributed by atoms with E-state index < -0.39 is 17.6 Å². The van der Waals surface area contributed by atoms with E-state index in [1.54, 1.807) is 26.4 Å². The summed E-state index contributed by atoms with van der Waals surface area (Å²) in [5.41, 5.74) is 0.0252. The Morgan fingerprint density at radius 1 is 1.30 bits per heavy atom. The fourth-order valence-electron chi connectivity index (χ4n) is 2.70. The molecule has 0 saturated heterocycles. The Hall–Kier alpha value is -2.79. The van der Waals surface area contributed by atoms with E-state index in [4.69, 9.17) is 9.15 Å². The first-order chi connectivity index (χ1) is 14.3. The van der Waals surface area contributed by atoms with E-state index in [1.165, 1.54) is 12.1 Å². The van der Waals surface area contributed by atoms with Crippen molar-refractivity contribution in [1.82, 2.24) is 14.8 Å². The minimum atomic E-state index is -4.48. The third kappa shape index (κ3) is 5.22. The van der Waals surface area contributed by atoms with Gasteiger partial charge in [-0.05, 0) is 31.2 Å². The molecule has 0 radical (unpaired) electrons. The Labute approximate surface area is 174 Å². The number of halogens is 3. The van der Waals surface area contributed by atoms with Gasteiger partial charge in [0.05, 0.1) is 36.3 Å². The lowest BCUT2D eigenvalue weighted by molar-refractivity contribution is -0.137. The van der Waals surface area contributed by atoms with Crippen LogP contribution in [0.2, 0.25) is 0 Å². The molecular formula is C19H19F3N4O3S. The van der Waals surface area contributed by atoms with Crippen molar-refractivity contribution in [2.75, 3.05) is 24.8 Å². The van der Waals surface area contributed by atoms with Crippen LogP contribution in [0.1, 0.15) is 11.3 Å². The average molecular weight is 440 g/mol. The predicted octanol–water partition coefficient (Wildman–Crippen LogP) is 4.24. The van der Waals surface area contributed by atoms with Gasteiger partial charge in [0.2, 0.25) is 5.91 Å². The fraction of sp³-hybridized carbons (Fsp3) is 0.316. The van der Waals surface area contributed by atoms with Crippen LogP contribution in [0.4, 0.5) is 18.9 Å². The summed E-state index contributed by atoms with van der Waals surface area (Å²) in [4.78, 5) is 12.3. The van der Waals surface area contributed by atoms with Crippen LogP contribution in [0.3, 0.4) is 0 Å². The number of amides is 1. The van der Waals surface area contributed by atoms with Crippen LogP contribution >= 0.6 is 11.8 Å². The first-order valence-electron chi connectivity index (χ1n) is 8.86. The topological polar surface area (TPSA) is 82.2 Å². The Balaban J connectivity index is 1.70. The fourth-order valence-corrected chi connectivity index (χ4v) is 3.46. The summed E-state index contributed by atoms with van der Waals surface area (Å²) < 4.78 is 50.7. The van der Waals surface area contributed by atoms with Crippen molar-refractivity contribution < 1.29 is 27.1 Å². The zero-order valence-electron chi connectivity index (χ0n) is 16.2. The van der Waals surface area contributed by atoms with E-state index in [1.807, 2.05) is 4.57 Å². The first kappa shape index (κ1) is 21.9. The van der Waals surface area contributed by atoms with E-state index in [0.717, 1.165) is 29.5 Å². The van der Waals surface area contributed by atoms with Gasteiger partial charge in [-0.15, -0.1) is 10.2 Å². The van der Waals surface area contributed by atoms with Crippen molar-refractivity contribution in [3.8, 4) is 11.4 Å². The second-order valence-electron chi connectivity index (χ2n) is 6.26. The van der Waals surface area contributed by atoms with Gasteiger partial charge in [-0.2, -0.15) is 13.2 Å². The molecule has 1 aromatic carbocycles. The van der Waals surface area contributed by atoms with Crippen molar-refractivity contribution in [1.29, 1.82) is 0 Å². The summed E-state index contributed by atoms with van der Waals surface area (Å²) in [5.74, 6) is 0.756. The molecule has 3 rings (SSSR count). The molecule has 3 aromatic rings. The standard InChI is InChI=1S/C19H19F3N4O3S/c1-12-15(6-8-29-12)17-24-25-18(26(17)7-9-28-2)30-11-16(27)23-14-5-3-4-13(10-14)19(20,21)22/h3-6,8,10H,7,9,11H2,1-2H3,(H,23,27). The van der Waals surface area contributed by atoms with Crippen molar-refractivity contribution in [3.05, 3.63) is 47.9 Å². The molecule has 0 bridgehead atoms. The number of furan rings is 1. The summed E-state index contributed by atoms with van der Waals surface area (Å²) in [7, 11) is 1.57. The number of thioether (sulfide) groups is 1. The van der Waals surface area contributed by atoms with Gasteiger partial charge >= 0.3 is 6.18 Å². The average Bonchev–Trinajstić information content (AvgIpc) is 3.29. The number of aromatic nitrogens is 3. The lowest BCUT2D eigenvalue weighted by atomic mass is 10.2. The van der Waals surface area contributed by atoms with Crippen LogP contribution in [0.15, 0.2) is 46.2 Å². The summed E-state index contributed by atoms with van der Waals surface area (Å²) in [6.45, 7) is 2.67. The van der Waals surface area contributed by atoms with E-state index in [2.05, 4.69) is 15.5 Å². The number of anilines is 1. The molecule has 2 heterocycles. The zero-order chi connectivity index (χ0) is 21.7. The number of aryl methyl sites for hydroxylation is 1. The maximum absolute atomic E-state index is 12.8. The smallest absolute Gasteiger partial charge is 0.416 e. The van der Waals surface area contributed by atoms with Crippen LogP contribution in [0, 0.1) is 6.92 Å². The van der Waals surface area contributed by atoms with Gasteiger partial charge in [0.1, 0.15) is 5.76 Å². The highest BCUT2D eigenvalue weighted by atomic mass is 32.2. The molecule has 0 spiro atoms. The molecule has 11 heteroatoms. The Morgan fingerprint density at radius 2 is 2.10 bits per heavy atom. The maximum atomic E-state index is 12.8. The molecule has 160 valence electrons. The van der Waals surface area contributed by atoms with E-state index >= 15 is 0 Å². The van der Waals surface area contributed by atoms with Crippen LogP contribution in [-0.4, -0.2) is 40.1 Å². The van der Waals surface area contributed by atoms with E-state index in [0.29, 0.717) is 29.9 Å². The van der Waals surface area contributed by atoms with Gasteiger partial charge in [-0.3, -0.25) is 9.36 Å². The van der Waals surface area contributed by atoms with Crippen LogP contribution in [-0.2, 0) is 22.3 Å². The minimum Gasteiger partial charge on any atom is -0.469 e. The molecule has 0 atom stereocenters. The monoisotopic (exact) mass is 440 g/mol. The number of nitrogens with zero attached hydrogens (tertiary/aromatic N) is 3. The van der Waals surface area contributed by atoms with Crippen molar-refractivity contribution >= 4 is 23.4 Å². The molecule has 0 aliphatic rings. The number of rotatable bonds is 8. The Kier molecular flexibility index (Phi) is 6.83. The number of carbonyl (C=O) groups is 1. The van der Waals surface area contributed by atoms with Crippen molar-refractivity contribution in [2.24, 2.45) is 0 Å². The number of alkyl halides is 3. The molecule has 0 saturated carbocycles. The van der Waals surface area contributed by atoms with Gasteiger partial charge in [0.25, 0.3) is 0 Å². The lowest BCUT2D eigenvalue weighted by Crippen LogP contribution is -2.16. The summed E-state index contributed by atoms with van der Waals surface area (Å²) in [5, 5.41) is 11.3. The second-order valence-corrected chi connectivity index (χ2v) is 7.20. The van der Waals surface area contributed by atoms with Gasteiger partial charge in [0, 0.05) is 12.8 Å². The number of carbonyl (C=O) groups excluding carboxylic acids is 1. The predicted molar refractivity (Wildman–Crippen MR) is 105 cm³/mol. The van der Waals surface area contributed by atoms with Crippen LogP contribution in [0.5, 0.6) is 0 Å². The largest absolute Gasteiger partial charge is 0.469 e. The minimum absolute atomic E-state index is 0.0499. The van der Waals surface area contributed by atoms with E-state index in [-0.39, 0.29) is 11.4 Å². The molecule has 0 aliphatic heterocycles. The molecule has 0 fully saturated rings. The third-order valence-electron chi connectivity index (χ3n) is 4.14. The van der Waals surface area contributed by atoms with Crippen LogP contribution < -0.4 is 5.32 Å². The number of nitrogens with one attached hydrogen (secondary N) is 1. The highest BCUT2D eigenvalue weighted by Crippen LogP contribution is 2.31. The first-order valence-corrected chi connectivity index (χ1v) is 9.84. The molecule has 7 nitrogen and oxygen atoms in total. The van der Waals surface area contributed by atoms with Crippen molar-refractivity contribution in [2.45, 2.75) is 24.8 Å². The lowest BCUT2D eigenvalue weighted by Gasteiger charge is -2.11. The molecule has 2 aromatic heterocycles. The molecule has 0 unspecified atom stereocenters. The van der Waals surface area contributed by atoms with E-state index in [9.17, 15) is 18.0 Å². The third-order valence-corrected chi connectivity index (χ3v) is 5.11. The number of hydrogen-bond acceptors (Lipinski definition) is 6.